The van der Waals surface area contributed by atoms with Crippen molar-refractivity contribution in [2.24, 2.45) is 42.3 Å². The highest BCUT2D eigenvalue weighted by atomic mass is 14.9. The van der Waals surface area contributed by atoms with Crippen molar-refractivity contribution in [3.8, 4) is 67.5 Å². The minimum Gasteiger partial charge on any atom is -0.201 e. The van der Waals surface area contributed by atoms with Crippen LogP contribution in [0.15, 0.2) is 195 Å². The smallest absolute Gasteiger partial charge is 0.201 e. The molecule has 0 aliphatic heterocycles. The van der Waals surface area contributed by atoms with Gasteiger partial charge in [-0.2, -0.15) is 0 Å². The summed E-state index contributed by atoms with van der Waals surface area (Å²) in [5.74, 6) is -1.71. The van der Waals surface area contributed by atoms with Crippen molar-refractivity contribution in [2.45, 2.75) is 171 Å². The van der Waals surface area contributed by atoms with Gasteiger partial charge in [-0.1, -0.05) is 86.4 Å². The molecule has 0 N–H and O–H groups in total. The lowest BCUT2D eigenvalue weighted by Gasteiger charge is -2.12. The molecule has 534 valence electrons. The molecule has 0 aliphatic carbocycles. The monoisotopic (exact) mass is 1390 g/mol. The van der Waals surface area contributed by atoms with Crippen molar-refractivity contribution >= 4 is 0 Å². The Hall–Kier alpha value is -9.78. The van der Waals surface area contributed by atoms with Gasteiger partial charge in [0, 0.05) is 125 Å². The standard InChI is InChI=1S/C18H24N.C17H22N.2C16H20N.2C15H18N/c1-12(2)16-7-8-17(14(4)11-16)18-15(5)13(3)9-10-19(18)6;1-6-15-7-8-16(13(3)11-15)17-14(4)12(2)9-10-18(17)5;1-11-6-7-16(17(5)10-11)15-9-13(3)12(2)8-14(15)4;1-11-6-7-15(13(3)10-11)16-14(4)12(2)8-9-17(16)5;1-11-9-13(3)14(10-12(11)2)15-7-5-6-8-16(15)4;1-11-9-12(2)13(3)14(10-11)15-7-5-6-8-16(15)4/h7-12H,1-6H3;7-11H,6H2,1-5H3;2*6-10H,1-5H3;2*5-10H,1-4H3/q6*+1/i1D3,3D3,12D;1D3,6D2;;1D3;;. The van der Waals surface area contributed by atoms with E-state index < -0.39 is 39.7 Å². The van der Waals surface area contributed by atoms with E-state index in [0.717, 1.165) is 56.0 Å². The van der Waals surface area contributed by atoms with Crippen LogP contribution >= 0.6 is 0 Å². The maximum Gasteiger partial charge on any atom is 0.215 e. The summed E-state index contributed by atoms with van der Waals surface area (Å²) in [4.78, 5) is 0. The fourth-order valence-electron chi connectivity index (χ4n) is 13.2. The summed E-state index contributed by atoms with van der Waals surface area (Å²) in [6.07, 6.45) is 9.73. The Labute approximate surface area is 643 Å². The van der Waals surface area contributed by atoms with E-state index in [-0.39, 0.29) is 5.56 Å². The average Bonchev–Trinajstić information content (AvgIpc) is 0.773. The summed E-state index contributed by atoms with van der Waals surface area (Å²) in [5.41, 5.74) is 36.5. The van der Waals surface area contributed by atoms with Gasteiger partial charge in [-0.05, 0) is 294 Å². The first-order valence-electron chi connectivity index (χ1n) is 42.9. The van der Waals surface area contributed by atoms with Crippen LogP contribution in [0.1, 0.15) is 169 Å². The van der Waals surface area contributed by atoms with E-state index in [1.54, 1.807) is 61.7 Å². The van der Waals surface area contributed by atoms with Crippen LogP contribution in [0.5, 0.6) is 0 Å². The third kappa shape index (κ3) is 20.1. The summed E-state index contributed by atoms with van der Waals surface area (Å²) in [5, 5.41) is 0. The normalized spacial score (nSPS) is 14.0. The van der Waals surface area contributed by atoms with Gasteiger partial charge in [0.1, 0.15) is 42.3 Å². The predicted molar refractivity (Wildman–Crippen MR) is 437 cm³/mol. The van der Waals surface area contributed by atoms with E-state index >= 15 is 0 Å². The quantitative estimate of drug-likeness (QED) is 0.135. The SMILES string of the molecule is Cc1cc(C)c(-c2cccc[n+]2C)cc1C.Cc1cc(C)c(C)c(-c2cccc[n+]2C)c1.Cc1ccc(-c2cc(C)c(C)cc2C)[n+](C)c1.[2H]C([2H])([2H])C([2H])([2H])c1ccc(-c2c(C)c(C)cc[n+]2C)c(C)c1.[2H]C([2H])([2H])c1cc[n+](C)c(-c2ccc(C([2H])(C)C([2H])([2H])[2H])cc2C)c1C.[2H]C([2H])([2H])c1ccc(-c2c(C)c(C)cc[n+]2C)c(C)c1. The Kier molecular flexibility index (Phi) is 21.2. The second-order valence-electron chi connectivity index (χ2n) is 28.2. The number of rotatable bonds is 8. The van der Waals surface area contributed by atoms with Crippen LogP contribution in [-0.4, -0.2) is 0 Å². The molecule has 12 aromatic rings. The maximum absolute atomic E-state index is 8.25. The number of aromatic nitrogens is 6. The average molecular weight is 1390 g/mol. The Morgan fingerprint density at radius 1 is 0.311 bits per heavy atom. The zero-order chi connectivity index (χ0) is 88.7. The Morgan fingerprint density at radius 3 is 1.19 bits per heavy atom. The number of nitrogens with zero attached hydrogens (tertiary/aromatic N) is 6. The van der Waals surface area contributed by atoms with Gasteiger partial charge in [0.05, 0.1) is 0 Å². The van der Waals surface area contributed by atoms with E-state index in [1.165, 1.54) is 113 Å². The predicted octanol–water partition coefficient (Wildman–Crippen LogP) is 20.9. The van der Waals surface area contributed by atoms with Crippen LogP contribution in [0.3, 0.4) is 0 Å². The van der Waals surface area contributed by atoms with Gasteiger partial charge >= 0.3 is 0 Å². The van der Waals surface area contributed by atoms with Crippen molar-refractivity contribution in [3.05, 3.63) is 317 Å². The summed E-state index contributed by atoms with van der Waals surface area (Å²) in [7, 11) is 12.1. The fourth-order valence-corrected chi connectivity index (χ4v) is 13.2. The minimum absolute atomic E-state index is 0.187. The second-order valence-corrected chi connectivity index (χ2v) is 28.2. The molecule has 6 aromatic carbocycles. The van der Waals surface area contributed by atoms with E-state index in [1.807, 2.05) is 75.6 Å². The molecule has 0 radical (unpaired) electrons. The van der Waals surface area contributed by atoms with E-state index in [2.05, 4.69) is 252 Å². The molecule has 1 atom stereocenters. The van der Waals surface area contributed by atoms with Gasteiger partial charge in [0.25, 0.3) is 0 Å². The summed E-state index contributed by atoms with van der Waals surface area (Å²) >= 11 is 0. The molecule has 0 saturated heterocycles. The molecule has 6 nitrogen and oxygen atoms in total. The van der Waals surface area contributed by atoms with Crippen LogP contribution < -0.4 is 27.4 Å². The van der Waals surface area contributed by atoms with Crippen LogP contribution in [0.4, 0.5) is 0 Å². The van der Waals surface area contributed by atoms with Crippen molar-refractivity contribution in [1.82, 2.24) is 0 Å². The molecule has 6 heteroatoms. The third-order valence-corrected chi connectivity index (χ3v) is 20.0. The van der Waals surface area contributed by atoms with Crippen LogP contribution in [0.2, 0.25) is 0 Å². The second kappa shape index (κ2) is 35.9. The molecule has 103 heavy (non-hydrogen) atoms. The van der Waals surface area contributed by atoms with Crippen LogP contribution in [-0.2, 0) is 48.7 Å². The first kappa shape index (κ1) is 60.8. The van der Waals surface area contributed by atoms with Gasteiger partial charge in [-0.15, -0.1) is 0 Å². The summed E-state index contributed by atoms with van der Waals surface area (Å²) < 4.78 is 127. The lowest BCUT2D eigenvalue weighted by molar-refractivity contribution is -0.660. The molecule has 0 bridgehead atoms. The molecule has 6 aromatic heterocycles. The zero-order valence-electron chi connectivity index (χ0n) is 81.2. The van der Waals surface area contributed by atoms with E-state index in [0.29, 0.717) is 22.3 Å². The van der Waals surface area contributed by atoms with Crippen molar-refractivity contribution in [2.75, 3.05) is 0 Å². The molecule has 0 spiro atoms. The Bertz CT molecular complexity index is 5650. The van der Waals surface area contributed by atoms with Gasteiger partial charge in [-0.3, -0.25) is 0 Å². The molecule has 0 fully saturated rings. The third-order valence-electron chi connectivity index (χ3n) is 20.0. The summed E-state index contributed by atoms with van der Waals surface area (Å²) in [6, 6.07) is 51.9. The topological polar surface area (TPSA) is 23.3 Å². The number of hydrogen-bond donors (Lipinski definition) is 0. The first-order valence-corrected chi connectivity index (χ1v) is 35.4. The molecular formula is C97H122N6+6. The maximum atomic E-state index is 8.25. The van der Waals surface area contributed by atoms with Gasteiger partial charge in [0.2, 0.25) is 34.2 Å². The molecule has 1 unspecified atom stereocenters. The van der Waals surface area contributed by atoms with Crippen LogP contribution in [0, 0.1) is 138 Å². The number of aryl methyl sites for hydroxylation is 23. The van der Waals surface area contributed by atoms with Crippen molar-refractivity contribution < 1.29 is 48.0 Å². The Balaban J connectivity index is 0.000000197. The van der Waals surface area contributed by atoms with E-state index in [4.69, 9.17) is 20.6 Å². The van der Waals surface area contributed by atoms with E-state index in [9.17, 15) is 0 Å². The van der Waals surface area contributed by atoms with Crippen molar-refractivity contribution in [1.29, 1.82) is 0 Å². The number of benzene rings is 6. The largest absolute Gasteiger partial charge is 0.215 e. The summed E-state index contributed by atoms with van der Waals surface area (Å²) in [6.45, 7) is 29.4. The molecule has 12 rings (SSSR count). The van der Waals surface area contributed by atoms with Gasteiger partial charge < -0.3 is 0 Å². The zero-order valence-corrected chi connectivity index (χ0v) is 66.2. The van der Waals surface area contributed by atoms with Gasteiger partial charge in [0.15, 0.2) is 37.2 Å². The molecule has 0 aliphatic rings. The van der Waals surface area contributed by atoms with Crippen LogP contribution in [0.25, 0.3) is 67.5 Å². The Morgan fingerprint density at radius 2 is 0.738 bits per heavy atom. The number of hydrogen-bond acceptors (Lipinski definition) is 0. The lowest BCUT2D eigenvalue weighted by Crippen LogP contribution is -2.32. The molecule has 0 amide bonds. The van der Waals surface area contributed by atoms with Crippen molar-refractivity contribution in [3.63, 3.8) is 0 Å². The fraction of sp³-hybridized carbons (Fsp3) is 0.320. The minimum atomic E-state index is -2.69. The van der Waals surface area contributed by atoms with Gasteiger partial charge in [-0.25, -0.2) is 27.4 Å². The first-order chi connectivity index (χ1) is 54.5. The highest BCUT2D eigenvalue weighted by Crippen LogP contribution is 2.32. The highest BCUT2D eigenvalue weighted by Gasteiger charge is 2.22. The number of pyridine rings is 6. The molecule has 6 heterocycles. The highest BCUT2D eigenvalue weighted by molar-refractivity contribution is 5.69. The lowest BCUT2D eigenvalue weighted by atomic mass is 9.94. The molecule has 0 saturated carbocycles. The molecular weight excluding hydrogens is 1250 g/mol.